The molecule has 2 aliphatic heterocycles. The van der Waals surface area contributed by atoms with Gasteiger partial charge in [0.25, 0.3) is 0 Å². The van der Waals surface area contributed by atoms with E-state index in [1.807, 2.05) is 59.5 Å². The van der Waals surface area contributed by atoms with Gasteiger partial charge in [0.1, 0.15) is 0 Å². The second-order valence-electron chi connectivity index (χ2n) is 8.46. The Bertz CT molecular complexity index is 1260. The molecule has 5 rings (SSSR count). The summed E-state index contributed by atoms with van der Waals surface area (Å²) in [7, 11) is 1.98. The summed E-state index contributed by atoms with van der Waals surface area (Å²) in [4.78, 5) is 2.07. The van der Waals surface area contributed by atoms with Crippen molar-refractivity contribution < 1.29 is 10.2 Å². The average Bonchev–Trinajstić information content (AvgIpc) is 2.97. The Labute approximate surface area is 190 Å². The Balaban J connectivity index is 1.47. The van der Waals surface area contributed by atoms with Gasteiger partial charge in [-0.05, 0) is 52.6 Å². The van der Waals surface area contributed by atoms with Crippen LogP contribution in [-0.2, 0) is 5.41 Å². The van der Waals surface area contributed by atoms with Gasteiger partial charge in [0, 0.05) is 23.8 Å². The zero-order valence-corrected chi connectivity index (χ0v) is 19.1. The SMILES string of the molecule is CN1C(=CC2=C([O-])C(C=C3C=Cc4ccccc4N3Br)=C2[O-])C(C)(C)c2ccccc21. The summed E-state index contributed by atoms with van der Waals surface area (Å²) in [5, 5.41) is 25.8. The highest BCUT2D eigenvalue weighted by molar-refractivity contribution is 9.10. The molecule has 0 fully saturated rings. The standard InChI is InChI=1S/C26H23BrN2O2/c1-26(2)20-9-5-7-11-22(20)28(3)23(26)15-19-24(30)18(25(19)31)14-17-13-12-16-8-4-6-10-21(16)29(17)27/h4-15,30-31H,1-3H3/p-2. The summed E-state index contributed by atoms with van der Waals surface area (Å²) in [6.45, 7) is 4.24. The van der Waals surface area contributed by atoms with E-state index >= 15 is 0 Å². The first-order valence-electron chi connectivity index (χ1n) is 10.1. The van der Waals surface area contributed by atoms with E-state index in [1.165, 1.54) is 5.56 Å². The van der Waals surface area contributed by atoms with Crippen molar-refractivity contribution in [2.75, 3.05) is 15.9 Å². The predicted octanol–water partition coefficient (Wildman–Crippen LogP) is 4.27. The van der Waals surface area contributed by atoms with Crippen LogP contribution in [0.2, 0.25) is 0 Å². The van der Waals surface area contributed by atoms with Crippen molar-refractivity contribution in [1.82, 2.24) is 0 Å². The third-order valence-electron chi connectivity index (χ3n) is 6.30. The Kier molecular flexibility index (Phi) is 4.41. The van der Waals surface area contributed by atoms with Gasteiger partial charge in [0.15, 0.2) is 0 Å². The Morgan fingerprint density at radius 3 is 2.16 bits per heavy atom. The van der Waals surface area contributed by atoms with Crippen molar-refractivity contribution in [3.63, 3.8) is 0 Å². The lowest BCUT2D eigenvalue weighted by atomic mass is 9.81. The zero-order chi connectivity index (χ0) is 21.9. The monoisotopic (exact) mass is 472 g/mol. The van der Waals surface area contributed by atoms with Crippen LogP contribution in [0, 0.1) is 0 Å². The average molecular weight is 473 g/mol. The zero-order valence-electron chi connectivity index (χ0n) is 17.5. The fraction of sp³-hybridized carbons (Fsp3) is 0.154. The Morgan fingerprint density at radius 1 is 0.839 bits per heavy atom. The lowest BCUT2D eigenvalue weighted by Crippen LogP contribution is -2.30. The lowest BCUT2D eigenvalue weighted by molar-refractivity contribution is -0.329. The molecule has 0 saturated heterocycles. The molecule has 0 spiro atoms. The van der Waals surface area contributed by atoms with Gasteiger partial charge in [-0.3, -0.25) is 3.93 Å². The molecule has 0 saturated carbocycles. The molecule has 0 atom stereocenters. The van der Waals surface area contributed by atoms with Crippen LogP contribution >= 0.6 is 16.1 Å². The summed E-state index contributed by atoms with van der Waals surface area (Å²) >= 11 is 3.55. The van der Waals surface area contributed by atoms with Crippen LogP contribution in [0.15, 0.2) is 101 Å². The summed E-state index contributed by atoms with van der Waals surface area (Å²) in [5.74, 6) is -0.420. The maximum atomic E-state index is 12.9. The van der Waals surface area contributed by atoms with E-state index in [9.17, 15) is 10.2 Å². The second-order valence-corrected chi connectivity index (χ2v) is 9.17. The molecule has 0 aromatic heterocycles. The normalized spacial score (nSPS) is 21.7. The molecule has 5 heteroatoms. The molecule has 1 aliphatic carbocycles. The quantitative estimate of drug-likeness (QED) is 0.612. The third kappa shape index (κ3) is 2.87. The first-order chi connectivity index (χ1) is 14.8. The minimum atomic E-state index is -0.282. The number of likely N-dealkylation sites (N-methyl/N-ethyl adjacent to an activating group) is 1. The van der Waals surface area contributed by atoms with Gasteiger partial charge in [0.05, 0.1) is 27.5 Å². The van der Waals surface area contributed by atoms with Crippen molar-refractivity contribution in [3.8, 4) is 0 Å². The lowest BCUT2D eigenvalue weighted by Gasteiger charge is -2.38. The molecule has 0 bridgehead atoms. The molecule has 0 amide bonds. The fourth-order valence-electron chi connectivity index (χ4n) is 4.53. The van der Waals surface area contributed by atoms with Crippen LogP contribution in [0.1, 0.15) is 25.0 Å². The van der Waals surface area contributed by atoms with Crippen molar-refractivity contribution in [2.45, 2.75) is 19.3 Å². The van der Waals surface area contributed by atoms with E-state index in [1.54, 1.807) is 12.2 Å². The van der Waals surface area contributed by atoms with Crippen LogP contribution in [-0.4, -0.2) is 7.05 Å². The largest absolute Gasteiger partial charge is 0.872 e. The third-order valence-corrected chi connectivity index (χ3v) is 7.09. The van der Waals surface area contributed by atoms with E-state index in [2.05, 4.69) is 47.0 Å². The van der Waals surface area contributed by atoms with Gasteiger partial charge in [-0.25, -0.2) is 0 Å². The van der Waals surface area contributed by atoms with Crippen molar-refractivity contribution in [3.05, 3.63) is 112 Å². The van der Waals surface area contributed by atoms with Crippen LogP contribution in [0.3, 0.4) is 0 Å². The van der Waals surface area contributed by atoms with E-state index in [0.29, 0.717) is 0 Å². The molecular weight excluding hydrogens is 452 g/mol. The highest BCUT2D eigenvalue weighted by atomic mass is 79.9. The number of rotatable bonds is 2. The number of halogens is 1. The highest BCUT2D eigenvalue weighted by Crippen LogP contribution is 2.48. The molecule has 0 radical (unpaired) electrons. The number of nitrogens with zero attached hydrogens (tertiary/aromatic N) is 2. The number of allylic oxidation sites excluding steroid dienone is 4. The maximum Gasteiger partial charge on any atom is 0.0597 e. The Morgan fingerprint density at radius 2 is 1.45 bits per heavy atom. The number of fused-ring (bicyclic) bond motifs is 2. The van der Waals surface area contributed by atoms with Gasteiger partial charge >= 0.3 is 0 Å². The van der Waals surface area contributed by atoms with Crippen LogP contribution in [0.5, 0.6) is 0 Å². The molecule has 0 unspecified atom stereocenters. The van der Waals surface area contributed by atoms with Gasteiger partial charge in [0.2, 0.25) is 0 Å². The van der Waals surface area contributed by atoms with E-state index < -0.39 is 0 Å². The molecular formula is C26H21BrN2O2-2. The topological polar surface area (TPSA) is 52.6 Å². The Hall–Kier alpha value is -3.18. The van der Waals surface area contributed by atoms with Gasteiger partial charge < -0.3 is 15.1 Å². The molecule has 31 heavy (non-hydrogen) atoms. The minimum Gasteiger partial charge on any atom is -0.872 e. The van der Waals surface area contributed by atoms with Crippen LogP contribution in [0.25, 0.3) is 6.08 Å². The van der Waals surface area contributed by atoms with Gasteiger partial charge in [-0.2, -0.15) is 0 Å². The number of hydrogen-bond acceptors (Lipinski definition) is 4. The van der Waals surface area contributed by atoms with Gasteiger partial charge in [-0.1, -0.05) is 67.8 Å². The van der Waals surface area contributed by atoms with Crippen LogP contribution in [0.4, 0.5) is 11.4 Å². The molecule has 3 aliphatic rings. The number of anilines is 2. The van der Waals surface area contributed by atoms with Crippen molar-refractivity contribution in [1.29, 1.82) is 0 Å². The molecule has 2 aromatic carbocycles. The first-order valence-corrected chi connectivity index (χ1v) is 10.8. The smallest absolute Gasteiger partial charge is 0.0597 e. The van der Waals surface area contributed by atoms with E-state index in [-0.39, 0.29) is 28.1 Å². The predicted molar refractivity (Wildman–Crippen MR) is 125 cm³/mol. The van der Waals surface area contributed by atoms with Crippen molar-refractivity contribution >= 4 is 33.6 Å². The summed E-state index contributed by atoms with van der Waals surface area (Å²) in [6, 6.07) is 16.1. The number of hydrogen-bond donors (Lipinski definition) is 0. The summed E-state index contributed by atoms with van der Waals surface area (Å²) in [5.41, 5.74) is 6.20. The van der Waals surface area contributed by atoms with Crippen molar-refractivity contribution in [2.24, 2.45) is 0 Å². The molecule has 4 nitrogen and oxygen atoms in total. The number of para-hydroxylation sites is 2. The molecule has 2 aromatic rings. The first kappa shape index (κ1) is 19.8. The second kappa shape index (κ2) is 6.92. The molecule has 2 heterocycles. The highest BCUT2D eigenvalue weighted by Gasteiger charge is 2.38. The van der Waals surface area contributed by atoms with Crippen LogP contribution < -0.4 is 19.0 Å². The van der Waals surface area contributed by atoms with Gasteiger partial charge in [-0.15, -0.1) is 0 Å². The summed E-state index contributed by atoms with van der Waals surface area (Å²) < 4.78 is 1.82. The minimum absolute atomic E-state index is 0.210. The molecule has 0 N–H and O–H groups in total. The van der Waals surface area contributed by atoms with E-state index in [0.717, 1.165) is 28.3 Å². The summed E-state index contributed by atoms with van der Waals surface area (Å²) in [6.07, 6.45) is 7.30. The fourth-order valence-corrected chi connectivity index (χ4v) is 5.07. The van der Waals surface area contributed by atoms with E-state index in [4.69, 9.17) is 0 Å². The number of benzene rings is 2. The molecule has 156 valence electrons. The maximum absolute atomic E-state index is 12.9.